The minimum Gasteiger partial charge on any atom is -0.489 e. The highest BCUT2D eigenvalue weighted by atomic mass is 32.2. The summed E-state index contributed by atoms with van der Waals surface area (Å²) in [7, 11) is -3.80. The lowest BCUT2D eigenvalue weighted by Crippen LogP contribution is -2.18. The molecule has 1 unspecified atom stereocenters. The van der Waals surface area contributed by atoms with Gasteiger partial charge in [-0.15, -0.1) is 0 Å². The maximum Gasteiger partial charge on any atom is 0.185 e. The van der Waals surface area contributed by atoms with Crippen molar-refractivity contribution in [3.8, 4) is 5.75 Å². The predicted molar refractivity (Wildman–Crippen MR) is 134 cm³/mol. The maximum atomic E-state index is 13.6. The summed E-state index contributed by atoms with van der Waals surface area (Å²) < 4.78 is 33.1. The fourth-order valence-corrected chi connectivity index (χ4v) is 5.46. The molecule has 0 N–H and O–H groups in total. The summed E-state index contributed by atoms with van der Waals surface area (Å²) in [6, 6.07) is 32.3. The lowest BCUT2D eigenvalue weighted by Gasteiger charge is -2.19. The third kappa shape index (κ3) is 5.61. The summed E-state index contributed by atoms with van der Waals surface area (Å²) in [6.07, 6.45) is -0.148. The molecule has 0 aromatic heterocycles. The number of carbonyl (C=O) groups excluding carboxylic acids is 1. The zero-order valence-electron chi connectivity index (χ0n) is 18.9. The fourth-order valence-electron chi connectivity index (χ4n) is 3.73. The third-order valence-electron chi connectivity index (χ3n) is 5.69. The van der Waals surface area contributed by atoms with Gasteiger partial charge < -0.3 is 4.74 Å². The number of carbonyl (C=O) groups is 1. The molecule has 0 fully saturated rings. The Morgan fingerprint density at radius 2 is 1.35 bits per heavy atom. The zero-order valence-corrected chi connectivity index (χ0v) is 19.7. The molecule has 0 radical (unpaired) electrons. The first-order chi connectivity index (χ1) is 16.4. The van der Waals surface area contributed by atoms with Gasteiger partial charge in [-0.25, -0.2) is 8.42 Å². The molecule has 0 aliphatic heterocycles. The molecule has 0 amide bonds. The van der Waals surface area contributed by atoms with Crippen LogP contribution in [0, 0.1) is 6.92 Å². The van der Waals surface area contributed by atoms with E-state index in [4.69, 9.17) is 4.74 Å². The molecule has 0 spiro atoms. The van der Waals surface area contributed by atoms with E-state index in [-0.39, 0.29) is 17.1 Å². The Balaban J connectivity index is 1.62. The Morgan fingerprint density at radius 3 is 1.97 bits per heavy atom. The van der Waals surface area contributed by atoms with E-state index >= 15 is 0 Å². The molecule has 1 atom stereocenters. The molecule has 0 heterocycles. The highest BCUT2D eigenvalue weighted by Gasteiger charge is 2.31. The average molecular weight is 471 g/mol. The minimum atomic E-state index is -3.80. The second-order valence-corrected chi connectivity index (χ2v) is 10.3. The second-order valence-electron chi connectivity index (χ2n) is 8.18. The van der Waals surface area contributed by atoms with Gasteiger partial charge in [0.25, 0.3) is 0 Å². The van der Waals surface area contributed by atoms with E-state index < -0.39 is 15.1 Å². The number of ketones is 1. The Morgan fingerprint density at radius 1 is 0.765 bits per heavy atom. The van der Waals surface area contributed by atoms with Crippen molar-refractivity contribution in [3.05, 3.63) is 131 Å². The highest BCUT2D eigenvalue weighted by molar-refractivity contribution is 7.91. The Bertz CT molecular complexity index is 1330. The van der Waals surface area contributed by atoms with E-state index in [0.717, 1.165) is 11.1 Å². The van der Waals surface area contributed by atoms with Crippen LogP contribution in [0.2, 0.25) is 0 Å². The smallest absolute Gasteiger partial charge is 0.185 e. The van der Waals surface area contributed by atoms with Gasteiger partial charge in [0.05, 0.1) is 10.1 Å². The van der Waals surface area contributed by atoms with E-state index in [0.29, 0.717) is 23.5 Å². The van der Waals surface area contributed by atoms with Crippen LogP contribution in [0.1, 0.15) is 38.7 Å². The van der Waals surface area contributed by atoms with E-state index in [2.05, 4.69) is 0 Å². The Labute approximate surface area is 200 Å². The van der Waals surface area contributed by atoms with Crippen molar-refractivity contribution in [2.24, 2.45) is 0 Å². The topological polar surface area (TPSA) is 60.4 Å². The summed E-state index contributed by atoms with van der Waals surface area (Å²) in [5, 5.41) is -1.01. The number of hydrogen-bond acceptors (Lipinski definition) is 4. The van der Waals surface area contributed by atoms with Crippen molar-refractivity contribution >= 4 is 15.6 Å². The molecule has 0 saturated carbocycles. The van der Waals surface area contributed by atoms with Gasteiger partial charge in [0, 0.05) is 12.0 Å². The molecule has 4 rings (SSSR count). The average Bonchev–Trinajstić information content (AvgIpc) is 2.87. The van der Waals surface area contributed by atoms with Crippen LogP contribution in [0.5, 0.6) is 5.75 Å². The fraction of sp³-hybridized carbons (Fsp3) is 0.138. The van der Waals surface area contributed by atoms with Gasteiger partial charge in [-0.1, -0.05) is 90.5 Å². The number of Topliss-reactive ketones (excluding diaryl/α,β-unsaturated/α-hetero) is 1. The summed E-state index contributed by atoms with van der Waals surface area (Å²) in [6.45, 7) is 2.32. The molecule has 0 saturated heterocycles. The first-order valence-corrected chi connectivity index (χ1v) is 12.6. The summed E-state index contributed by atoms with van der Waals surface area (Å²) in [5.74, 6) is 0.416. The molecule has 0 bridgehead atoms. The quantitative estimate of drug-likeness (QED) is 0.267. The second kappa shape index (κ2) is 10.5. The molecule has 4 nitrogen and oxygen atoms in total. The highest BCUT2D eigenvalue weighted by Crippen LogP contribution is 2.34. The van der Waals surface area contributed by atoms with Crippen molar-refractivity contribution in [1.29, 1.82) is 0 Å². The van der Waals surface area contributed by atoms with Crippen LogP contribution in [-0.4, -0.2) is 14.2 Å². The van der Waals surface area contributed by atoms with Crippen LogP contribution in [0.3, 0.4) is 0 Å². The zero-order chi connectivity index (χ0) is 24.0. The molecule has 34 heavy (non-hydrogen) atoms. The van der Waals surface area contributed by atoms with Gasteiger partial charge in [0.15, 0.2) is 15.6 Å². The standard InChI is InChI=1S/C29H26O4S/c1-22-12-18-27(19-13-22)34(31,32)29(20-28(30)24-10-6-3-7-11-24)25-14-16-26(17-15-25)33-21-23-8-4-2-5-9-23/h2-19,29H,20-21H2,1H3. The Kier molecular flexibility index (Phi) is 7.24. The molecule has 5 heteroatoms. The van der Waals surface area contributed by atoms with Crippen LogP contribution in [0.15, 0.2) is 114 Å². The van der Waals surface area contributed by atoms with E-state index in [1.807, 2.05) is 43.3 Å². The predicted octanol–water partition coefficient (Wildman–Crippen LogP) is 6.36. The number of aryl methyl sites for hydroxylation is 1. The van der Waals surface area contributed by atoms with Crippen LogP contribution < -0.4 is 4.74 Å². The van der Waals surface area contributed by atoms with Crippen LogP contribution in [-0.2, 0) is 16.4 Å². The lowest BCUT2D eigenvalue weighted by molar-refractivity contribution is 0.0980. The van der Waals surface area contributed by atoms with Crippen LogP contribution in [0.4, 0.5) is 0 Å². The molecule has 0 aliphatic carbocycles. The molecular weight excluding hydrogens is 444 g/mol. The molecule has 4 aromatic rings. The van der Waals surface area contributed by atoms with E-state index in [1.165, 1.54) is 0 Å². The molecular formula is C29H26O4S. The normalized spacial score (nSPS) is 12.1. The van der Waals surface area contributed by atoms with Crippen molar-refractivity contribution in [3.63, 3.8) is 0 Å². The Hall–Kier alpha value is -3.70. The largest absolute Gasteiger partial charge is 0.489 e. The van der Waals surface area contributed by atoms with Gasteiger partial charge in [0.1, 0.15) is 12.4 Å². The SMILES string of the molecule is Cc1ccc(S(=O)(=O)C(CC(=O)c2ccccc2)c2ccc(OCc3ccccc3)cc2)cc1. The number of benzene rings is 4. The monoisotopic (exact) mass is 470 g/mol. The first-order valence-electron chi connectivity index (χ1n) is 11.1. The van der Waals surface area contributed by atoms with Crippen molar-refractivity contribution in [2.75, 3.05) is 0 Å². The summed E-state index contributed by atoms with van der Waals surface area (Å²) in [4.78, 5) is 13.2. The molecule has 172 valence electrons. The van der Waals surface area contributed by atoms with Gasteiger partial charge >= 0.3 is 0 Å². The number of ether oxygens (including phenoxy) is 1. The number of rotatable bonds is 9. The van der Waals surface area contributed by atoms with E-state index in [9.17, 15) is 13.2 Å². The third-order valence-corrected chi connectivity index (χ3v) is 7.81. The van der Waals surface area contributed by atoms with Crippen LogP contribution >= 0.6 is 0 Å². The van der Waals surface area contributed by atoms with Gasteiger partial charge in [-0.3, -0.25) is 4.79 Å². The molecule has 4 aromatic carbocycles. The first kappa shape index (κ1) is 23.5. The lowest BCUT2D eigenvalue weighted by atomic mass is 10.0. The van der Waals surface area contributed by atoms with Crippen molar-refractivity contribution in [1.82, 2.24) is 0 Å². The maximum absolute atomic E-state index is 13.6. The number of sulfone groups is 1. The van der Waals surface area contributed by atoms with Crippen LogP contribution in [0.25, 0.3) is 0 Å². The van der Waals surface area contributed by atoms with Gasteiger partial charge in [-0.2, -0.15) is 0 Å². The summed E-state index contributed by atoms with van der Waals surface area (Å²) >= 11 is 0. The van der Waals surface area contributed by atoms with Crippen molar-refractivity contribution in [2.45, 2.75) is 30.1 Å². The molecule has 0 aliphatic rings. The minimum absolute atomic E-state index is 0.148. The number of hydrogen-bond donors (Lipinski definition) is 0. The van der Waals surface area contributed by atoms with Gasteiger partial charge in [-0.05, 0) is 42.3 Å². The van der Waals surface area contributed by atoms with Crippen molar-refractivity contribution < 1.29 is 17.9 Å². The summed E-state index contributed by atoms with van der Waals surface area (Å²) in [5.41, 5.74) is 3.06. The van der Waals surface area contributed by atoms with Gasteiger partial charge in [0.2, 0.25) is 0 Å². The van der Waals surface area contributed by atoms with E-state index in [1.54, 1.807) is 72.8 Å².